The summed E-state index contributed by atoms with van der Waals surface area (Å²) in [7, 11) is 0. The Kier molecular flexibility index (Phi) is 6.69. The Labute approximate surface area is 157 Å². The first-order chi connectivity index (χ1) is 13.3. The van der Waals surface area contributed by atoms with Crippen LogP contribution in [0.3, 0.4) is 0 Å². The van der Waals surface area contributed by atoms with Gasteiger partial charge in [0.1, 0.15) is 12.1 Å². The van der Waals surface area contributed by atoms with E-state index >= 15 is 0 Å². The number of benzene rings is 2. The van der Waals surface area contributed by atoms with Crippen molar-refractivity contribution in [2.75, 3.05) is 18.4 Å². The van der Waals surface area contributed by atoms with Gasteiger partial charge in [0, 0.05) is 12.6 Å². The molecule has 28 heavy (non-hydrogen) atoms. The van der Waals surface area contributed by atoms with Crippen LogP contribution in [0, 0.1) is 27.6 Å². The predicted octanol–water partition coefficient (Wildman–Crippen LogP) is 3.50. The van der Waals surface area contributed by atoms with Gasteiger partial charge in [-0.25, -0.2) is 13.2 Å². The van der Waals surface area contributed by atoms with Crippen molar-refractivity contribution >= 4 is 23.2 Å². The highest BCUT2D eigenvalue weighted by Gasteiger charge is 2.25. The number of hydrogen-bond acceptors (Lipinski definition) is 4. The van der Waals surface area contributed by atoms with Gasteiger partial charge in [-0.1, -0.05) is 19.1 Å². The van der Waals surface area contributed by atoms with E-state index in [1.807, 2.05) is 0 Å². The number of rotatable bonds is 7. The molecular formula is C18H16F3N3O4. The summed E-state index contributed by atoms with van der Waals surface area (Å²) in [6.07, 6.45) is 0.444. The van der Waals surface area contributed by atoms with E-state index in [1.165, 1.54) is 18.2 Å². The molecule has 2 amide bonds. The highest BCUT2D eigenvalue weighted by atomic mass is 19.2. The second kappa shape index (κ2) is 8.98. The van der Waals surface area contributed by atoms with E-state index in [0.29, 0.717) is 12.5 Å². The first kappa shape index (κ1) is 20.9. The van der Waals surface area contributed by atoms with E-state index in [1.54, 1.807) is 6.92 Å². The number of carbonyl (C=O) groups is 2. The maximum atomic E-state index is 13.7. The van der Waals surface area contributed by atoms with Crippen molar-refractivity contribution < 1.29 is 27.7 Å². The number of anilines is 1. The van der Waals surface area contributed by atoms with Crippen molar-refractivity contribution in [3.8, 4) is 0 Å². The van der Waals surface area contributed by atoms with E-state index in [0.717, 1.165) is 17.0 Å². The molecule has 0 heterocycles. The molecule has 0 unspecified atom stereocenters. The molecule has 0 spiro atoms. The predicted molar refractivity (Wildman–Crippen MR) is 94.2 cm³/mol. The second-order valence-electron chi connectivity index (χ2n) is 5.77. The monoisotopic (exact) mass is 395 g/mol. The molecule has 0 bridgehead atoms. The van der Waals surface area contributed by atoms with Crippen molar-refractivity contribution in [2.24, 2.45) is 0 Å². The number of amides is 2. The van der Waals surface area contributed by atoms with Crippen molar-refractivity contribution in [3.05, 3.63) is 69.5 Å². The number of carbonyl (C=O) groups excluding carboxylic acids is 2. The normalized spacial score (nSPS) is 10.4. The molecule has 0 saturated carbocycles. The molecule has 0 aromatic heterocycles. The van der Waals surface area contributed by atoms with Gasteiger partial charge >= 0.3 is 0 Å². The summed E-state index contributed by atoms with van der Waals surface area (Å²) < 4.78 is 39.9. The van der Waals surface area contributed by atoms with E-state index in [-0.39, 0.29) is 12.1 Å². The molecule has 2 rings (SSSR count). The van der Waals surface area contributed by atoms with Crippen LogP contribution in [0.1, 0.15) is 23.7 Å². The molecule has 0 saturated heterocycles. The number of hydrogen-bond donors (Lipinski definition) is 1. The molecule has 0 radical (unpaired) electrons. The largest absolute Gasteiger partial charge is 0.329 e. The second-order valence-corrected chi connectivity index (χ2v) is 5.77. The van der Waals surface area contributed by atoms with Crippen LogP contribution in [0.4, 0.5) is 24.5 Å². The van der Waals surface area contributed by atoms with Crippen molar-refractivity contribution in [1.29, 1.82) is 0 Å². The molecule has 2 aromatic rings. The van der Waals surface area contributed by atoms with Gasteiger partial charge in [-0.15, -0.1) is 0 Å². The van der Waals surface area contributed by atoms with Crippen LogP contribution < -0.4 is 5.32 Å². The average Bonchev–Trinajstić information content (AvgIpc) is 2.67. The molecule has 148 valence electrons. The lowest BCUT2D eigenvalue weighted by Gasteiger charge is -2.21. The molecule has 0 atom stereocenters. The Bertz CT molecular complexity index is 921. The smallest absolute Gasteiger partial charge is 0.282 e. The number of halogens is 3. The maximum Gasteiger partial charge on any atom is 0.282 e. The first-order valence-corrected chi connectivity index (χ1v) is 8.22. The van der Waals surface area contributed by atoms with Gasteiger partial charge in [-0.2, -0.15) is 0 Å². The summed E-state index contributed by atoms with van der Waals surface area (Å²) in [5, 5.41) is 13.2. The third-order valence-corrected chi connectivity index (χ3v) is 3.76. The zero-order valence-corrected chi connectivity index (χ0v) is 14.7. The van der Waals surface area contributed by atoms with Gasteiger partial charge in [-0.05, 0) is 24.6 Å². The SMILES string of the molecule is CCCN(CC(=O)Nc1ccc(F)c(F)c1F)C(=O)c1ccccc1[N+](=O)[O-]. The zero-order valence-electron chi connectivity index (χ0n) is 14.7. The molecule has 2 aromatic carbocycles. The minimum atomic E-state index is -1.74. The molecule has 0 fully saturated rings. The van der Waals surface area contributed by atoms with Crippen LogP contribution in [0.5, 0.6) is 0 Å². The molecule has 0 aliphatic carbocycles. The lowest BCUT2D eigenvalue weighted by atomic mass is 10.1. The summed E-state index contributed by atoms with van der Waals surface area (Å²) in [5.74, 6) is -6.34. The van der Waals surface area contributed by atoms with Gasteiger partial charge < -0.3 is 10.2 Å². The molecule has 1 N–H and O–H groups in total. The minimum Gasteiger partial charge on any atom is -0.329 e. The summed E-state index contributed by atoms with van der Waals surface area (Å²) in [6.45, 7) is 1.27. The van der Waals surface area contributed by atoms with Gasteiger partial charge in [-0.3, -0.25) is 19.7 Å². The van der Waals surface area contributed by atoms with Crippen LogP contribution in [0.25, 0.3) is 0 Å². The fraction of sp³-hybridized carbons (Fsp3) is 0.222. The Morgan fingerprint density at radius 2 is 1.79 bits per heavy atom. The van der Waals surface area contributed by atoms with Crippen LogP contribution >= 0.6 is 0 Å². The van der Waals surface area contributed by atoms with E-state index in [9.17, 15) is 32.9 Å². The molecular weight excluding hydrogens is 379 g/mol. The third kappa shape index (κ3) is 4.64. The van der Waals surface area contributed by atoms with E-state index in [2.05, 4.69) is 5.32 Å². The number of nitro groups is 1. The summed E-state index contributed by atoms with van der Waals surface area (Å²) in [6, 6.07) is 6.76. The number of nitro benzene ring substituents is 1. The standard InChI is InChI=1S/C18H16F3N3O4/c1-2-9-23(18(26)11-5-3-4-6-14(11)24(27)28)10-15(25)22-13-8-7-12(19)16(20)17(13)21/h3-8H,2,9-10H2,1H3,(H,22,25). The Balaban J connectivity index is 2.21. The van der Waals surface area contributed by atoms with Crippen molar-refractivity contribution in [3.63, 3.8) is 0 Å². The molecule has 0 aliphatic heterocycles. The fourth-order valence-corrected chi connectivity index (χ4v) is 2.49. The van der Waals surface area contributed by atoms with Crippen molar-refractivity contribution in [2.45, 2.75) is 13.3 Å². The van der Waals surface area contributed by atoms with Gasteiger partial charge in [0.05, 0.1) is 10.6 Å². The van der Waals surface area contributed by atoms with E-state index < -0.39 is 52.1 Å². The third-order valence-electron chi connectivity index (χ3n) is 3.76. The molecule has 7 nitrogen and oxygen atoms in total. The molecule has 0 aliphatic rings. The minimum absolute atomic E-state index is 0.0958. The summed E-state index contributed by atoms with van der Waals surface area (Å²) in [4.78, 5) is 36.3. The van der Waals surface area contributed by atoms with E-state index in [4.69, 9.17) is 0 Å². The van der Waals surface area contributed by atoms with Crippen LogP contribution in [0.2, 0.25) is 0 Å². The Morgan fingerprint density at radius 3 is 2.43 bits per heavy atom. The van der Waals surface area contributed by atoms with Crippen molar-refractivity contribution in [1.82, 2.24) is 4.90 Å². The molecule has 10 heteroatoms. The lowest BCUT2D eigenvalue weighted by Crippen LogP contribution is -2.39. The van der Waals surface area contributed by atoms with Gasteiger partial charge in [0.2, 0.25) is 5.91 Å². The zero-order chi connectivity index (χ0) is 20.8. The average molecular weight is 395 g/mol. The van der Waals surface area contributed by atoms with Crippen LogP contribution in [0.15, 0.2) is 36.4 Å². The van der Waals surface area contributed by atoms with Gasteiger partial charge in [0.15, 0.2) is 17.5 Å². The highest BCUT2D eigenvalue weighted by molar-refractivity contribution is 6.01. The lowest BCUT2D eigenvalue weighted by molar-refractivity contribution is -0.385. The quantitative estimate of drug-likeness (QED) is 0.441. The number of para-hydroxylation sites is 1. The number of nitrogens with zero attached hydrogens (tertiary/aromatic N) is 2. The van der Waals surface area contributed by atoms with Gasteiger partial charge in [0.25, 0.3) is 11.6 Å². The van der Waals surface area contributed by atoms with Crippen LogP contribution in [-0.2, 0) is 4.79 Å². The Hall–Kier alpha value is -3.43. The first-order valence-electron chi connectivity index (χ1n) is 8.22. The fourth-order valence-electron chi connectivity index (χ4n) is 2.49. The van der Waals surface area contributed by atoms with Crippen LogP contribution in [-0.4, -0.2) is 34.7 Å². The number of nitrogens with one attached hydrogen (secondary N) is 1. The Morgan fingerprint density at radius 1 is 1.11 bits per heavy atom. The maximum absolute atomic E-state index is 13.7. The topological polar surface area (TPSA) is 92.6 Å². The highest BCUT2D eigenvalue weighted by Crippen LogP contribution is 2.21. The summed E-state index contributed by atoms with van der Waals surface area (Å²) in [5.41, 5.74) is -1.20. The summed E-state index contributed by atoms with van der Waals surface area (Å²) >= 11 is 0.